The first-order valence-corrected chi connectivity index (χ1v) is 13.5. The Morgan fingerprint density at radius 3 is 1.71 bits per heavy atom. The average molecular weight is 473 g/mol. The smallest absolute Gasteiger partial charge is 0.668 e. The van der Waals surface area contributed by atoms with Gasteiger partial charge in [0, 0.05) is 5.92 Å². The molecule has 1 aromatic rings. The van der Waals surface area contributed by atoms with Gasteiger partial charge in [0.25, 0.3) is 0 Å². The van der Waals surface area contributed by atoms with Crippen LogP contribution in [-0.2, 0) is 26.5 Å². The predicted octanol–water partition coefficient (Wildman–Crippen LogP) is 7.22. The van der Waals surface area contributed by atoms with Gasteiger partial charge in [-0.3, -0.25) is 6.08 Å². The van der Waals surface area contributed by atoms with Crippen LogP contribution in [0.1, 0.15) is 85.5 Å². The molecule has 2 nitrogen and oxygen atoms in total. The monoisotopic (exact) mass is 472 g/mol. The summed E-state index contributed by atoms with van der Waals surface area (Å²) in [6, 6.07) is 10.6. The fourth-order valence-electron chi connectivity index (χ4n) is 3.88. The minimum absolute atomic E-state index is 0. The van der Waals surface area contributed by atoms with Crippen molar-refractivity contribution < 1.29 is 26.5 Å². The molecule has 0 heterocycles. The predicted molar refractivity (Wildman–Crippen MR) is 133 cm³/mol. The van der Waals surface area contributed by atoms with Gasteiger partial charge in [-0.25, -0.2) is 5.57 Å². The number of hydrogen-bond donors (Lipinski definition) is 0. The number of carbonyl (C=O) groups is 1. The molecule has 1 atom stereocenters. The quantitative estimate of drug-likeness (QED) is 0.331. The Kier molecular flexibility index (Phi) is 17.1. The molecular weight excluding hydrogens is 430 g/mol. The zero-order valence-corrected chi connectivity index (χ0v) is 23.1. The molecule has 2 aliphatic carbocycles. The number of amides is 1. The first kappa shape index (κ1) is 30.1. The van der Waals surface area contributed by atoms with Gasteiger partial charge in [0.15, 0.2) is 0 Å². The fraction of sp³-hybridized carbons (Fsp3) is 0.593. The molecule has 4 heteroatoms. The van der Waals surface area contributed by atoms with Crippen molar-refractivity contribution in [3.05, 3.63) is 58.9 Å². The Hall–Kier alpha value is -0.899. The maximum Gasteiger partial charge on any atom is 2.00 e. The minimum Gasteiger partial charge on any atom is -0.668 e. The molecule has 0 bridgehead atoms. The summed E-state index contributed by atoms with van der Waals surface area (Å²) in [7, 11) is 0.511. The van der Waals surface area contributed by atoms with E-state index in [1.165, 1.54) is 54.0 Å². The van der Waals surface area contributed by atoms with Crippen molar-refractivity contribution in [3.63, 3.8) is 0 Å². The number of hydrogen-bond acceptors (Lipinski definition) is 1. The third-order valence-electron chi connectivity index (χ3n) is 6.35. The third kappa shape index (κ3) is 12.7. The van der Waals surface area contributed by atoms with Gasteiger partial charge < -0.3 is 10.5 Å². The van der Waals surface area contributed by atoms with Gasteiger partial charge >= 0.3 is 21.7 Å². The van der Waals surface area contributed by atoms with Gasteiger partial charge in [0.1, 0.15) is 0 Å². The van der Waals surface area contributed by atoms with E-state index in [2.05, 4.69) is 70.6 Å². The molecule has 2 aliphatic rings. The van der Waals surface area contributed by atoms with Gasteiger partial charge in [-0.2, -0.15) is 11.1 Å². The molecule has 169 valence electrons. The van der Waals surface area contributed by atoms with Crippen molar-refractivity contribution in [1.82, 2.24) is 0 Å². The molecule has 1 amide bonds. The number of benzene rings is 1. The Morgan fingerprint density at radius 2 is 1.42 bits per heavy atom. The van der Waals surface area contributed by atoms with E-state index in [0.29, 0.717) is 15.4 Å². The van der Waals surface area contributed by atoms with E-state index >= 15 is 0 Å². The second-order valence-corrected chi connectivity index (χ2v) is 9.86. The van der Waals surface area contributed by atoms with Gasteiger partial charge in [-0.15, -0.1) is 6.92 Å². The summed E-state index contributed by atoms with van der Waals surface area (Å²) in [5, 5.41) is 1.49. The van der Waals surface area contributed by atoms with Crippen LogP contribution in [0, 0.1) is 17.9 Å². The molecule has 1 radical (unpaired) electrons. The zero-order valence-electron chi connectivity index (χ0n) is 20.4. The molecule has 0 saturated heterocycles. The van der Waals surface area contributed by atoms with Crippen molar-refractivity contribution in [2.24, 2.45) is 11.8 Å². The van der Waals surface area contributed by atoms with Gasteiger partial charge in [-0.1, -0.05) is 114 Å². The molecule has 1 unspecified atom stereocenters. The van der Waals surface area contributed by atoms with Gasteiger partial charge in [-0.05, 0) is 12.8 Å². The van der Waals surface area contributed by atoms with Crippen LogP contribution in [0.15, 0.2) is 47.1 Å². The molecule has 0 aromatic heterocycles. The minimum atomic E-state index is -0.333. The molecule has 1 fully saturated rings. The molecule has 0 spiro atoms. The second-order valence-electron chi connectivity index (χ2n) is 8.61. The normalized spacial score (nSPS) is 19.6. The van der Waals surface area contributed by atoms with Crippen LogP contribution in [0.3, 0.4) is 0 Å². The van der Waals surface area contributed by atoms with Crippen LogP contribution in [0.4, 0.5) is 0 Å². The van der Waals surface area contributed by atoms with Crippen LogP contribution < -0.4 is 5.19 Å². The first-order chi connectivity index (χ1) is 14.4. The second kappa shape index (κ2) is 17.6. The summed E-state index contributed by atoms with van der Waals surface area (Å²) in [5.41, 5.74) is 11.4. The summed E-state index contributed by atoms with van der Waals surface area (Å²) in [6.07, 6.45) is 14.1. The summed E-state index contributed by atoms with van der Waals surface area (Å²) >= 11 is 0. The van der Waals surface area contributed by atoms with Crippen molar-refractivity contribution in [2.75, 3.05) is 0 Å². The standard InChI is InChI=1S/C11H21NO.C9H13.C7H9Si.Ti/c12-11(13)10-8-6-4-2-1-3-5-7-9-10;1-6-5-7(2)9(4)8(6)3;1-8-7-5-3-2-4-6-7;/h10H,1-9H2,(H2,12,13);6H,1-4H3;2-6,8H,1H3;/q;-1;;+2/p-1. The molecule has 1 saturated carbocycles. The van der Waals surface area contributed by atoms with Gasteiger partial charge in [0.2, 0.25) is 0 Å². The Bertz CT molecular complexity index is 674. The molecule has 0 aliphatic heterocycles. The van der Waals surface area contributed by atoms with Crippen molar-refractivity contribution in [1.29, 1.82) is 0 Å². The third-order valence-corrected chi connectivity index (χ3v) is 7.40. The Morgan fingerprint density at radius 1 is 0.935 bits per heavy atom. The van der Waals surface area contributed by atoms with Crippen LogP contribution in [0.5, 0.6) is 0 Å². The molecule has 1 N–H and O–H groups in total. The van der Waals surface area contributed by atoms with E-state index in [-0.39, 0.29) is 33.5 Å². The van der Waals surface area contributed by atoms with Crippen molar-refractivity contribution >= 4 is 20.6 Å². The van der Waals surface area contributed by atoms with E-state index < -0.39 is 0 Å². The SMILES string of the molecule is CC1=[C-]C(C)C(C)=C1C.C[SiH]c1ccccc1.[NH-]C(=O)C1CCCCCCCCC1.[Ti+2]. The molecule has 3 rings (SSSR count). The first-order valence-electron chi connectivity index (χ1n) is 11.7. The van der Waals surface area contributed by atoms with Crippen molar-refractivity contribution in [2.45, 2.75) is 92.0 Å². The van der Waals surface area contributed by atoms with Crippen LogP contribution in [0.2, 0.25) is 6.55 Å². The molecular formula is C27H42NOSiTi. The van der Waals surface area contributed by atoms with Crippen molar-refractivity contribution in [3.8, 4) is 0 Å². The van der Waals surface area contributed by atoms with Crippen LogP contribution >= 0.6 is 0 Å². The van der Waals surface area contributed by atoms with E-state index in [9.17, 15) is 4.79 Å². The number of rotatable bonds is 2. The number of allylic oxidation sites excluding steroid dienone is 4. The maximum absolute atomic E-state index is 10.9. The number of carbonyl (C=O) groups excluding carboxylic acids is 1. The number of nitrogens with one attached hydrogen (secondary N) is 1. The van der Waals surface area contributed by atoms with E-state index in [1.807, 2.05) is 0 Å². The molecule has 31 heavy (non-hydrogen) atoms. The summed E-state index contributed by atoms with van der Waals surface area (Å²) < 4.78 is 0. The van der Waals surface area contributed by atoms with Gasteiger partial charge in [0.05, 0.1) is 15.4 Å². The van der Waals surface area contributed by atoms with Crippen LogP contribution in [0.25, 0.3) is 5.73 Å². The topological polar surface area (TPSA) is 40.9 Å². The van der Waals surface area contributed by atoms with E-state index in [4.69, 9.17) is 5.73 Å². The largest absolute Gasteiger partial charge is 2.00 e. The van der Waals surface area contributed by atoms with E-state index in [1.54, 1.807) is 0 Å². The van der Waals surface area contributed by atoms with E-state index in [0.717, 1.165) is 25.7 Å². The maximum atomic E-state index is 10.9. The van der Waals surface area contributed by atoms with Crippen LogP contribution in [-0.4, -0.2) is 15.4 Å². The Labute approximate surface area is 209 Å². The fourth-order valence-corrected chi connectivity index (χ4v) is 4.49. The Balaban J connectivity index is 0.000000444. The summed E-state index contributed by atoms with van der Waals surface area (Å²) in [4.78, 5) is 10.9. The average Bonchev–Trinajstić information content (AvgIpc) is 2.98. The molecule has 1 aromatic carbocycles. The summed E-state index contributed by atoms with van der Waals surface area (Å²) in [6.45, 7) is 10.9. The zero-order chi connectivity index (χ0) is 22.4. The summed E-state index contributed by atoms with van der Waals surface area (Å²) in [5.74, 6) is 0.281.